The lowest BCUT2D eigenvalue weighted by molar-refractivity contribution is 0.126. The molecule has 0 radical (unpaired) electrons. The van der Waals surface area contributed by atoms with Crippen LogP contribution in [0.25, 0.3) is 11.0 Å². The van der Waals surface area contributed by atoms with Gasteiger partial charge in [0.2, 0.25) is 0 Å². The number of hydrogen-bond donors (Lipinski definition) is 0. The van der Waals surface area contributed by atoms with E-state index in [4.69, 9.17) is 0 Å². The van der Waals surface area contributed by atoms with Crippen molar-refractivity contribution < 1.29 is 0 Å². The molecule has 2 fully saturated rings. The van der Waals surface area contributed by atoms with Gasteiger partial charge in [-0.15, -0.1) is 0 Å². The van der Waals surface area contributed by atoms with Gasteiger partial charge in [0.15, 0.2) is 5.65 Å². The third kappa shape index (κ3) is 2.43. The molecule has 4 rings (SSSR count). The van der Waals surface area contributed by atoms with Crippen molar-refractivity contribution in [2.45, 2.75) is 50.6 Å². The van der Waals surface area contributed by atoms with E-state index in [1.54, 1.807) is 18.6 Å². The SMILES string of the molecule is O=c1c2cccnc2ncn1[C@@H]1CCCN(C2CCCC2)C1. The quantitative estimate of drug-likeness (QED) is 0.854. The Morgan fingerprint density at radius 3 is 2.73 bits per heavy atom. The van der Waals surface area contributed by atoms with E-state index in [1.165, 1.54) is 38.6 Å². The molecule has 2 aromatic heterocycles. The van der Waals surface area contributed by atoms with Crippen LogP contribution < -0.4 is 5.56 Å². The largest absolute Gasteiger partial charge is 0.298 e. The molecule has 3 heterocycles. The molecular weight excluding hydrogens is 276 g/mol. The summed E-state index contributed by atoms with van der Waals surface area (Å²) >= 11 is 0. The molecule has 116 valence electrons. The van der Waals surface area contributed by atoms with Gasteiger partial charge < -0.3 is 0 Å². The van der Waals surface area contributed by atoms with Crippen LogP contribution in [0, 0.1) is 0 Å². The number of nitrogens with zero attached hydrogens (tertiary/aromatic N) is 4. The number of piperidine rings is 1. The van der Waals surface area contributed by atoms with E-state index in [0.717, 1.165) is 19.0 Å². The molecule has 0 N–H and O–H groups in total. The predicted octanol–water partition coefficient (Wildman–Crippen LogP) is 2.37. The Morgan fingerprint density at radius 2 is 1.86 bits per heavy atom. The molecule has 0 spiro atoms. The normalized spacial score (nSPS) is 24.1. The molecule has 0 unspecified atom stereocenters. The molecular formula is C17H22N4O. The number of fused-ring (bicyclic) bond motifs is 1. The van der Waals surface area contributed by atoms with Crippen molar-refractivity contribution in [3.63, 3.8) is 0 Å². The minimum absolute atomic E-state index is 0.0522. The van der Waals surface area contributed by atoms with E-state index in [0.29, 0.717) is 11.0 Å². The van der Waals surface area contributed by atoms with Gasteiger partial charge in [0.1, 0.15) is 6.33 Å². The summed E-state index contributed by atoms with van der Waals surface area (Å²) < 4.78 is 1.84. The van der Waals surface area contributed by atoms with E-state index >= 15 is 0 Å². The minimum atomic E-state index is 0.0522. The number of likely N-dealkylation sites (tertiary alicyclic amines) is 1. The molecule has 0 bridgehead atoms. The van der Waals surface area contributed by atoms with Crippen molar-refractivity contribution in [3.8, 4) is 0 Å². The fourth-order valence-corrected chi connectivity index (χ4v) is 4.05. The van der Waals surface area contributed by atoms with E-state index < -0.39 is 0 Å². The molecule has 0 amide bonds. The zero-order chi connectivity index (χ0) is 14.9. The van der Waals surface area contributed by atoms with Gasteiger partial charge in [-0.05, 0) is 44.4 Å². The Balaban J connectivity index is 1.63. The average molecular weight is 298 g/mol. The second kappa shape index (κ2) is 5.80. The monoisotopic (exact) mass is 298 g/mol. The molecule has 22 heavy (non-hydrogen) atoms. The van der Waals surface area contributed by atoms with Crippen LogP contribution in [0.15, 0.2) is 29.5 Å². The smallest absolute Gasteiger partial charge is 0.263 e. The van der Waals surface area contributed by atoms with Crippen molar-refractivity contribution in [2.24, 2.45) is 0 Å². The van der Waals surface area contributed by atoms with Crippen LogP contribution in [0.4, 0.5) is 0 Å². The third-order valence-electron chi connectivity index (χ3n) is 5.22. The topological polar surface area (TPSA) is 51.0 Å². The molecule has 1 saturated carbocycles. The Morgan fingerprint density at radius 1 is 1.05 bits per heavy atom. The molecule has 1 saturated heterocycles. The fraction of sp³-hybridized carbons (Fsp3) is 0.588. The first-order valence-corrected chi connectivity index (χ1v) is 8.39. The van der Waals surface area contributed by atoms with Crippen LogP contribution in [-0.2, 0) is 0 Å². The second-order valence-corrected chi connectivity index (χ2v) is 6.56. The molecule has 2 aliphatic rings. The van der Waals surface area contributed by atoms with Crippen LogP contribution in [0.2, 0.25) is 0 Å². The first-order chi connectivity index (χ1) is 10.8. The van der Waals surface area contributed by atoms with Gasteiger partial charge in [-0.3, -0.25) is 14.3 Å². The Labute approximate surface area is 130 Å². The third-order valence-corrected chi connectivity index (χ3v) is 5.22. The molecule has 1 aliphatic heterocycles. The Bertz CT molecular complexity index is 720. The summed E-state index contributed by atoms with van der Waals surface area (Å²) in [5.74, 6) is 0. The molecule has 5 nitrogen and oxygen atoms in total. The second-order valence-electron chi connectivity index (χ2n) is 6.56. The number of rotatable bonds is 2. The van der Waals surface area contributed by atoms with E-state index in [2.05, 4.69) is 14.9 Å². The van der Waals surface area contributed by atoms with Crippen LogP contribution in [0.3, 0.4) is 0 Å². The van der Waals surface area contributed by atoms with Gasteiger partial charge in [-0.1, -0.05) is 12.8 Å². The Kier molecular flexibility index (Phi) is 3.66. The van der Waals surface area contributed by atoms with Gasteiger partial charge >= 0.3 is 0 Å². The first-order valence-electron chi connectivity index (χ1n) is 8.39. The van der Waals surface area contributed by atoms with Crippen LogP contribution in [-0.4, -0.2) is 38.6 Å². The van der Waals surface area contributed by atoms with Gasteiger partial charge in [-0.25, -0.2) is 9.97 Å². The van der Waals surface area contributed by atoms with Gasteiger partial charge in [-0.2, -0.15) is 0 Å². The summed E-state index contributed by atoms with van der Waals surface area (Å²) in [5.41, 5.74) is 0.601. The van der Waals surface area contributed by atoms with Gasteiger partial charge in [0.05, 0.1) is 11.4 Å². The molecule has 0 aromatic carbocycles. The molecule has 1 aliphatic carbocycles. The van der Waals surface area contributed by atoms with E-state index in [9.17, 15) is 4.79 Å². The van der Waals surface area contributed by atoms with Crippen molar-refractivity contribution >= 4 is 11.0 Å². The number of pyridine rings is 1. The highest BCUT2D eigenvalue weighted by Crippen LogP contribution is 2.29. The summed E-state index contributed by atoms with van der Waals surface area (Å²) in [6.45, 7) is 2.16. The maximum absolute atomic E-state index is 12.7. The van der Waals surface area contributed by atoms with Crippen molar-refractivity contribution in [1.82, 2.24) is 19.4 Å². The van der Waals surface area contributed by atoms with E-state index in [1.807, 2.05) is 10.6 Å². The van der Waals surface area contributed by atoms with Crippen molar-refractivity contribution in [2.75, 3.05) is 13.1 Å². The van der Waals surface area contributed by atoms with Crippen LogP contribution in [0.5, 0.6) is 0 Å². The maximum atomic E-state index is 12.7. The lowest BCUT2D eigenvalue weighted by Crippen LogP contribution is -2.44. The van der Waals surface area contributed by atoms with Crippen molar-refractivity contribution in [3.05, 3.63) is 35.0 Å². The highest BCUT2D eigenvalue weighted by atomic mass is 16.1. The van der Waals surface area contributed by atoms with Crippen LogP contribution >= 0.6 is 0 Å². The highest BCUT2D eigenvalue weighted by Gasteiger charge is 2.29. The van der Waals surface area contributed by atoms with Crippen molar-refractivity contribution in [1.29, 1.82) is 0 Å². The Hall–Kier alpha value is -1.75. The number of hydrogen-bond acceptors (Lipinski definition) is 4. The summed E-state index contributed by atoms with van der Waals surface area (Å²) in [6.07, 6.45) is 11.0. The van der Waals surface area contributed by atoms with Crippen LogP contribution in [0.1, 0.15) is 44.6 Å². The summed E-state index contributed by atoms with van der Waals surface area (Å²) in [7, 11) is 0. The van der Waals surface area contributed by atoms with E-state index in [-0.39, 0.29) is 11.6 Å². The lowest BCUT2D eigenvalue weighted by atomic mass is 10.0. The average Bonchev–Trinajstić information content (AvgIpc) is 3.10. The minimum Gasteiger partial charge on any atom is -0.298 e. The van der Waals surface area contributed by atoms with Gasteiger partial charge in [0, 0.05) is 18.8 Å². The summed E-state index contributed by atoms with van der Waals surface area (Å²) in [4.78, 5) is 23.9. The summed E-state index contributed by atoms with van der Waals surface area (Å²) in [6, 6.07) is 4.61. The fourth-order valence-electron chi connectivity index (χ4n) is 4.05. The maximum Gasteiger partial charge on any atom is 0.263 e. The standard InChI is InChI=1S/C17H22N4O/c22-17-15-8-3-9-18-16(15)19-12-21(17)14-7-4-10-20(11-14)13-5-1-2-6-13/h3,8-9,12-14H,1-2,4-7,10-11H2/t14-/m1/s1. The number of aromatic nitrogens is 3. The lowest BCUT2D eigenvalue weighted by Gasteiger charge is -2.37. The van der Waals surface area contributed by atoms with Gasteiger partial charge in [0.25, 0.3) is 5.56 Å². The zero-order valence-electron chi connectivity index (χ0n) is 12.8. The first kappa shape index (κ1) is 13.9. The zero-order valence-corrected chi connectivity index (χ0v) is 12.8. The highest BCUT2D eigenvalue weighted by molar-refractivity contribution is 5.72. The molecule has 2 aromatic rings. The predicted molar refractivity (Wildman–Crippen MR) is 85.9 cm³/mol. The summed E-state index contributed by atoms with van der Waals surface area (Å²) in [5, 5.41) is 0.628. The molecule has 1 atom stereocenters. The molecule has 5 heteroatoms.